The zero-order chi connectivity index (χ0) is 13.7. The van der Waals surface area contributed by atoms with E-state index in [0.717, 1.165) is 11.8 Å². The van der Waals surface area contributed by atoms with Crippen molar-refractivity contribution in [3.05, 3.63) is 65.7 Å². The Balaban J connectivity index is 1.90. The van der Waals surface area contributed by atoms with Crippen LogP contribution in [0.2, 0.25) is 0 Å². The van der Waals surface area contributed by atoms with Gasteiger partial charge in [-0.05, 0) is 29.8 Å². The van der Waals surface area contributed by atoms with E-state index in [-0.39, 0.29) is 29.6 Å². The second kappa shape index (κ2) is 6.48. The maximum absolute atomic E-state index is 13.3. The normalized spacial score (nSPS) is 10.4. The second-order valence-corrected chi connectivity index (χ2v) is 5.08. The van der Waals surface area contributed by atoms with Gasteiger partial charge in [0.1, 0.15) is 17.4 Å². The topological polar surface area (TPSA) is 17.1 Å². The summed E-state index contributed by atoms with van der Waals surface area (Å²) in [6, 6.07) is 12.3. The first-order chi connectivity index (χ1) is 9.15. The van der Waals surface area contributed by atoms with Gasteiger partial charge in [0.15, 0.2) is 0 Å². The van der Waals surface area contributed by atoms with Crippen LogP contribution in [0.5, 0.6) is 0 Å². The summed E-state index contributed by atoms with van der Waals surface area (Å²) in [7, 11) is 0. The Kier molecular flexibility index (Phi) is 4.68. The van der Waals surface area contributed by atoms with Crippen LogP contribution >= 0.6 is 11.8 Å². The number of hydrogen-bond acceptors (Lipinski definition) is 2. The van der Waals surface area contributed by atoms with Crippen LogP contribution in [-0.2, 0) is 11.2 Å². The first-order valence-corrected chi connectivity index (χ1v) is 6.77. The Hall–Kier alpha value is -1.68. The average Bonchev–Trinajstić information content (AvgIpc) is 2.38. The summed E-state index contributed by atoms with van der Waals surface area (Å²) in [5.41, 5.74) is 0.638. The zero-order valence-electron chi connectivity index (χ0n) is 10.1. The summed E-state index contributed by atoms with van der Waals surface area (Å²) >= 11 is 1.16. The molecule has 0 heterocycles. The number of benzene rings is 2. The fourth-order valence-electron chi connectivity index (χ4n) is 1.65. The number of carbonyl (C=O) groups is 1. The molecular formula is C15H12F2OS. The molecule has 2 aromatic rings. The van der Waals surface area contributed by atoms with Gasteiger partial charge in [-0.1, -0.05) is 24.3 Å². The number of thioether (sulfide) groups is 1. The van der Waals surface area contributed by atoms with Crippen molar-refractivity contribution in [2.45, 2.75) is 11.3 Å². The van der Waals surface area contributed by atoms with Crippen LogP contribution in [-0.4, -0.2) is 11.5 Å². The summed E-state index contributed by atoms with van der Waals surface area (Å²) in [5.74, 6) is -0.561. The molecule has 0 fully saturated rings. The minimum atomic E-state index is -0.355. The van der Waals surface area contributed by atoms with Crippen LogP contribution in [0.3, 0.4) is 0 Å². The van der Waals surface area contributed by atoms with E-state index in [1.165, 1.54) is 18.2 Å². The van der Waals surface area contributed by atoms with Crippen molar-refractivity contribution >= 4 is 17.5 Å². The molecule has 0 aliphatic carbocycles. The molecule has 0 unspecified atom stereocenters. The molecule has 0 spiro atoms. The van der Waals surface area contributed by atoms with E-state index < -0.39 is 0 Å². The lowest BCUT2D eigenvalue weighted by atomic mass is 10.1. The van der Waals surface area contributed by atoms with Crippen LogP contribution in [0.1, 0.15) is 5.56 Å². The standard InChI is InChI=1S/C15H12F2OS/c16-12-5-3-4-11(8-12)9-13(18)10-19-15-7-2-1-6-14(15)17/h1-8H,9-10H2. The molecule has 0 radical (unpaired) electrons. The van der Waals surface area contributed by atoms with E-state index in [1.54, 1.807) is 30.3 Å². The molecule has 1 nitrogen and oxygen atoms in total. The predicted molar refractivity (Wildman–Crippen MR) is 72.2 cm³/mol. The van der Waals surface area contributed by atoms with Gasteiger partial charge in [0.25, 0.3) is 0 Å². The monoisotopic (exact) mass is 278 g/mol. The zero-order valence-corrected chi connectivity index (χ0v) is 10.9. The van der Waals surface area contributed by atoms with E-state index in [1.807, 2.05) is 0 Å². The molecule has 0 aliphatic rings. The molecule has 2 rings (SSSR count). The number of ketones is 1. The van der Waals surface area contributed by atoms with Gasteiger partial charge in [-0.3, -0.25) is 4.79 Å². The predicted octanol–water partition coefficient (Wildman–Crippen LogP) is 3.87. The molecule has 98 valence electrons. The number of rotatable bonds is 5. The second-order valence-electron chi connectivity index (χ2n) is 4.06. The molecule has 19 heavy (non-hydrogen) atoms. The van der Waals surface area contributed by atoms with Crippen LogP contribution in [0.4, 0.5) is 8.78 Å². The molecular weight excluding hydrogens is 266 g/mol. The molecule has 0 atom stereocenters. The summed E-state index contributed by atoms with van der Waals surface area (Å²) in [5, 5.41) is 0. The highest BCUT2D eigenvalue weighted by Gasteiger charge is 2.07. The largest absolute Gasteiger partial charge is 0.298 e. The average molecular weight is 278 g/mol. The first kappa shape index (κ1) is 13.7. The van der Waals surface area contributed by atoms with Crippen molar-refractivity contribution in [1.29, 1.82) is 0 Å². The third-order valence-electron chi connectivity index (χ3n) is 2.52. The van der Waals surface area contributed by atoms with Crippen LogP contribution in [0.15, 0.2) is 53.4 Å². The molecule has 0 N–H and O–H groups in total. The van der Waals surface area contributed by atoms with Gasteiger partial charge in [0.05, 0.1) is 5.75 Å². The fraction of sp³-hybridized carbons (Fsp3) is 0.133. The maximum atomic E-state index is 13.3. The molecule has 0 saturated heterocycles. The van der Waals surface area contributed by atoms with Crippen LogP contribution in [0.25, 0.3) is 0 Å². The van der Waals surface area contributed by atoms with Crippen molar-refractivity contribution in [2.24, 2.45) is 0 Å². The quantitative estimate of drug-likeness (QED) is 0.772. The van der Waals surface area contributed by atoms with E-state index >= 15 is 0 Å². The number of Topliss-reactive ketones (excluding diaryl/α,β-unsaturated/α-hetero) is 1. The van der Waals surface area contributed by atoms with Crippen molar-refractivity contribution < 1.29 is 13.6 Å². The number of halogens is 2. The molecule has 0 bridgehead atoms. The van der Waals surface area contributed by atoms with Crippen LogP contribution in [0, 0.1) is 11.6 Å². The highest BCUT2D eigenvalue weighted by Crippen LogP contribution is 2.21. The fourth-order valence-corrected chi connectivity index (χ4v) is 2.44. The van der Waals surface area contributed by atoms with Crippen molar-refractivity contribution in [2.75, 3.05) is 5.75 Å². The molecule has 0 aromatic heterocycles. The lowest BCUT2D eigenvalue weighted by Crippen LogP contribution is -2.06. The lowest BCUT2D eigenvalue weighted by molar-refractivity contribution is -0.116. The SMILES string of the molecule is O=C(CSc1ccccc1F)Cc1cccc(F)c1. The third-order valence-corrected chi connectivity index (χ3v) is 3.62. The van der Waals surface area contributed by atoms with Gasteiger partial charge in [-0.25, -0.2) is 8.78 Å². The molecule has 0 saturated carbocycles. The highest BCUT2D eigenvalue weighted by molar-refractivity contribution is 8.00. The minimum absolute atomic E-state index is 0.0566. The molecule has 0 aliphatic heterocycles. The van der Waals surface area contributed by atoms with E-state index in [0.29, 0.717) is 10.5 Å². The van der Waals surface area contributed by atoms with Crippen LogP contribution < -0.4 is 0 Å². The Labute approximate surface area is 114 Å². The molecule has 0 amide bonds. The van der Waals surface area contributed by atoms with Crippen molar-refractivity contribution in [1.82, 2.24) is 0 Å². The summed E-state index contributed by atoms with van der Waals surface area (Å²) in [6.45, 7) is 0. The van der Waals surface area contributed by atoms with Gasteiger partial charge >= 0.3 is 0 Å². The van der Waals surface area contributed by atoms with Gasteiger partial charge in [-0.2, -0.15) is 0 Å². The highest BCUT2D eigenvalue weighted by atomic mass is 32.2. The van der Waals surface area contributed by atoms with Crippen molar-refractivity contribution in [3.63, 3.8) is 0 Å². The Morgan fingerprint density at radius 3 is 2.58 bits per heavy atom. The summed E-state index contributed by atoms with van der Waals surface area (Å²) in [6.07, 6.45) is 0.166. The minimum Gasteiger partial charge on any atom is -0.298 e. The smallest absolute Gasteiger partial charge is 0.147 e. The number of carbonyl (C=O) groups excluding carboxylic acids is 1. The molecule has 4 heteroatoms. The van der Waals surface area contributed by atoms with Gasteiger partial charge in [0.2, 0.25) is 0 Å². The first-order valence-electron chi connectivity index (χ1n) is 5.78. The Morgan fingerprint density at radius 1 is 1.05 bits per heavy atom. The summed E-state index contributed by atoms with van der Waals surface area (Å²) in [4.78, 5) is 12.2. The van der Waals surface area contributed by atoms with Gasteiger partial charge in [0, 0.05) is 11.3 Å². The Morgan fingerprint density at radius 2 is 1.84 bits per heavy atom. The van der Waals surface area contributed by atoms with Gasteiger partial charge in [-0.15, -0.1) is 11.8 Å². The van der Waals surface area contributed by atoms with E-state index in [4.69, 9.17) is 0 Å². The molecule has 2 aromatic carbocycles. The van der Waals surface area contributed by atoms with Gasteiger partial charge < -0.3 is 0 Å². The Bertz CT molecular complexity index is 584. The third kappa shape index (κ3) is 4.17. The van der Waals surface area contributed by atoms with E-state index in [9.17, 15) is 13.6 Å². The maximum Gasteiger partial charge on any atom is 0.147 e. The van der Waals surface area contributed by atoms with Crippen molar-refractivity contribution in [3.8, 4) is 0 Å². The van der Waals surface area contributed by atoms with E-state index in [2.05, 4.69) is 0 Å². The number of hydrogen-bond donors (Lipinski definition) is 0. The lowest BCUT2D eigenvalue weighted by Gasteiger charge is -2.03. The summed E-state index contributed by atoms with van der Waals surface area (Å²) < 4.78 is 26.3.